The Kier molecular flexibility index (Phi) is 15.4. The summed E-state index contributed by atoms with van der Waals surface area (Å²) in [6.45, 7) is 18.1. The number of dihydropyridines is 1. The van der Waals surface area contributed by atoms with Crippen molar-refractivity contribution in [3.05, 3.63) is 12.2 Å². The quantitative estimate of drug-likeness (QED) is 0.533. The van der Waals surface area contributed by atoms with E-state index >= 15 is 0 Å². The van der Waals surface area contributed by atoms with Crippen LogP contribution in [0, 0.1) is 11.3 Å². The Bertz CT molecular complexity index is 446. The molecule has 4 heteroatoms. The zero-order valence-electron chi connectivity index (χ0n) is 20.9. The van der Waals surface area contributed by atoms with Crippen molar-refractivity contribution in [2.45, 2.75) is 98.6 Å². The van der Waals surface area contributed by atoms with Gasteiger partial charge < -0.3 is 10.2 Å². The van der Waals surface area contributed by atoms with Crippen LogP contribution < -0.4 is 10.6 Å². The molecule has 2 saturated heterocycles. The average Bonchev–Trinajstić information content (AvgIpc) is 2.79. The number of hydrogen-bond donors (Lipinski definition) is 2. The van der Waals surface area contributed by atoms with Crippen LogP contribution in [0.15, 0.2) is 17.1 Å². The summed E-state index contributed by atoms with van der Waals surface area (Å²) in [4.78, 5) is 7.28. The van der Waals surface area contributed by atoms with E-state index in [2.05, 4.69) is 53.4 Å². The molecule has 3 rings (SSSR count). The lowest BCUT2D eigenvalue weighted by Crippen LogP contribution is -2.44. The highest BCUT2D eigenvalue weighted by Crippen LogP contribution is 2.39. The lowest BCUT2D eigenvalue weighted by atomic mass is 9.72. The first-order chi connectivity index (χ1) is 14.7. The highest BCUT2D eigenvalue weighted by molar-refractivity contribution is 5.72. The molecule has 0 aromatic heterocycles. The number of aliphatic imine (C=N–C) groups is 1. The van der Waals surface area contributed by atoms with Crippen molar-refractivity contribution in [1.82, 2.24) is 15.5 Å². The van der Waals surface area contributed by atoms with Crippen molar-refractivity contribution in [3.63, 3.8) is 0 Å². The standard InChI is InChI=1S/C21H38N4.C3H8.C2H6/c1-2-8-21(9-15-24-20-5-3-4-12-23-20)10-16-25(17-11-21)18-19-6-13-22-14-7-19;1-3-2;1-2/h3-4,12,19-20,22,24H,2,5-11,13-18H2,1H3;3H2,1-2H3;1-2H3. The minimum absolute atomic E-state index is 0.309. The van der Waals surface area contributed by atoms with Crippen LogP contribution >= 0.6 is 0 Å². The Morgan fingerprint density at radius 2 is 1.73 bits per heavy atom. The van der Waals surface area contributed by atoms with Gasteiger partial charge in [0.25, 0.3) is 0 Å². The van der Waals surface area contributed by atoms with Crippen molar-refractivity contribution in [2.75, 3.05) is 39.3 Å². The van der Waals surface area contributed by atoms with Gasteiger partial charge in [-0.2, -0.15) is 0 Å². The average molecular weight is 421 g/mol. The fourth-order valence-corrected chi connectivity index (χ4v) is 4.92. The van der Waals surface area contributed by atoms with Crippen LogP contribution in [0.2, 0.25) is 0 Å². The molecule has 4 nitrogen and oxygen atoms in total. The molecule has 3 aliphatic heterocycles. The van der Waals surface area contributed by atoms with E-state index in [4.69, 9.17) is 0 Å². The van der Waals surface area contributed by atoms with Gasteiger partial charge in [0.05, 0.1) is 0 Å². The molecule has 0 amide bonds. The molecule has 0 aliphatic carbocycles. The van der Waals surface area contributed by atoms with Gasteiger partial charge in [-0.25, -0.2) is 0 Å². The first-order valence-electron chi connectivity index (χ1n) is 13.1. The molecule has 0 aromatic carbocycles. The molecule has 3 aliphatic rings. The summed E-state index contributed by atoms with van der Waals surface area (Å²) in [5, 5.41) is 7.15. The van der Waals surface area contributed by atoms with Gasteiger partial charge in [0.2, 0.25) is 0 Å². The molecule has 0 saturated carbocycles. The van der Waals surface area contributed by atoms with E-state index in [-0.39, 0.29) is 0 Å². The van der Waals surface area contributed by atoms with Gasteiger partial charge >= 0.3 is 0 Å². The summed E-state index contributed by atoms with van der Waals surface area (Å²) >= 11 is 0. The second-order valence-electron chi connectivity index (χ2n) is 9.13. The predicted octanol–water partition coefficient (Wildman–Crippen LogP) is 5.65. The Balaban J connectivity index is 0.000000826. The topological polar surface area (TPSA) is 39.7 Å². The molecule has 3 heterocycles. The number of rotatable bonds is 8. The second kappa shape index (κ2) is 16.9. The van der Waals surface area contributed by atoms with Crippen LogP contribution in [0.5, 0.6) is 0 Å². The molecule has 2 fully saturated rings. The third kappa shape index (κ3) is 10.5. The van der Waals surface area contributed by atoms with Crippen molar-refractivity contribution >= 4 is 6.21 Å². The Labute approximate surface area is 188 Å². The Morgan fingerprint density at radius 3 is 2.30 bits per heavy atom. The summed E-state index contributed by atoms with van der Waals surface area (Å²) in [5.41, 5.74) is 0.570. The Morgan fingerprint density at radius 1 is 1.07 bits per heavy atom. The van der Waals surface area contributed by atoms with Gasteiger partial charge in [-0.05, 0) is 88.7 Å². The molecule has 0 radical (unpaired) electrons. The number of likely N-dealkylation sites (tertiary alicyclic amines) is 1. The minimum atomic E-state index is 0.309. The third-order valence-corrected chi connectivity index (χ3v) is 6.55. The maximum Gasteiger partial charge on any atom is 0.103 e. The summed E-state index contributed by atoms with van der Waals surface area (Å²) < 4.78 is 0. The monoisotopic (exact) mass is 420 g/mol. The number of nitrogens with zero attached hydrogens (tertiary/aromatic N) is 2. The zero-order chi connectivity index (χ0) is 22.1. The van der Waals surface area contributed by atoms with E-state index in [1.54, 1.807) is 0 Å². The van der Waals surface area contributed by atoms with Gasteiger partial charge in [0, 0.05) is 19.2 Å². The SMILES string of the molecule is CC.CCC.CCCC1(CCNC2CC=CC=N2)CCN(CC2CCNCC2)CC1. The fourth-order valence-electron chi connectivity index (χ4n) is 4.92. The second-order valence-corrected chi connectivity index (χ2v) is 9.13. The summed E-state index contributed by atoms with van der Waals surface area (Å²) in [6.07, 6.45) is 18.4. The highest BCUT2D eigenvalue weighted by Gasteiger charge is 2.34. The van der Waals surface area contributed by atoms with E-state index in [0.717, 1.165) is 18.9 Å². The van der Waals surface area contributed by atoms with E-state index < -0.39 is 0 Å². The molecule has 0 bridgehead atoms. The van der Waals surface area contributed by atoms with E-state index in [1.807, 2.05) is 20.1 Å². The van der Waals surface area contributed by atoms with Crippen molar-refractivity contribution in [3.8, 4) is 0 Å². The van der Waals surface area contributed by atoms with Crippen LogP contribution in [0.4, 0.5) is 0 Å². The summed E-state index contributed by atoms with van der Waals surface area (Å²) in [7, 11) is 0. The van der Waals surface area contributed by atoms with Crippen molar-refractivity contribution < 1.29 is 0 Å². The van der Waals surface area contributed by atoms with Crippen LogP contribution in [0.3, 0.4) is 0 Å². The molecule has 1 atom stereocenters. The van der Waals surface area contributed by atoms with Gasteiger partial charge in [0.15, 0.2) is 0 Å². The zero-order valence-corrected chi connectivity index (χ0v) is 20.9. The first-order valence-corrected chi connectivity index (χ1v) is 13.1. The normalized spacial score (nSPS) is 23.8. The molecule has 30 heavy (non-hydrogen) atoms. The third-order valence-electron chi connectivity index (χ3n) is 6.55. The smallest absolute Gasteiger partial charge is 0.103 e. The van der Waals surface area contributed by atoms with Crippen LogP contribution in [0.1, 0.15) is 92.4 Å². The van der Waals surface area contributed by atoms with Crippen LogP contribution in [0.25, 0.3) is 0 Å². The maximum atomic E-state index is 4.52. The molecular formula is C26H52N4. The number of nitrogens with one attached hydrogen (secondary N) is 2. The lowest BCUT2D eigenvalue weighted by Gasteiger charge is -2.43. The van der Waals surface area contributed by atoms with E-state index in [9.17, 15) is 0 Å². The molecule has 176 valence electrons. The minimum Gasteiger partial charge on any atom is -0.317 e. The molecular weight excluding hydrogens is 368 g/mol. The number of piperidine rings is 2. The van der Waals surface area contributed by atoms with Gasteiger partial charge in [-0.3, -0.25) is 10.3 Å². The molecule has 0 spiro atoms. The number of hydrogen-bond acceptors (Lipinski definition) is 4. The van der Waals surface area contributed by atoms with E-state index in [0.29, 0.717) is 11.6 Å². The van der Waals surface area contributed by atoms with E-state index in [1.165, 1.54) is 84.1 Å². The largest absolute Gasteiger partial charge is 0.317 e. The first kappa shape index (κ1) is 27.3. The summed E-state index contributed by atoms with van der Waals surface area (Å²) in [5.74, 6) is 0.929. The molecule has 0 aromatic rings. The predicted molar refractivity (Wildman–Crippen MR) is 135 cm³/mol. The Hall–Kier alpha value is -0.710. The van der Waals surface area contributed by atoms with Gasteiger partial charge in [-0.1, -0.05) is 53.5 Å². The van der Waals surface area contributed by atoms with Crippen LogP contribution in [-0.4, -0.2) is 56.5 Å². The summed E-state index contributed by atoms with van der Waals surface area (Å²) in [6, 6.07) is 0. The van der Waals surface area contributed by atoms with Gasteiger partial charge in [-0.15, -0.1) is 0 Å². The van der Waals surface area contributed by atoms with Gasteiger partial charge in [0.1, 0.15) is 6.17 Å². The van der Waals surface area contributed by atoms with Crippen LogP contribution in [-0.2, 0) is 0 Å². The molecule has 2 N–H and O–H groups in total. The number of allylic oxidation sites excluding steroid dienone is 1. The van der Waals surface area contributed by atoms with Crippen molar-refractivity contribution in [2.24, 2.45) is 16.3 Å². The maximum absolute atomic E-state index is 4.52. The lowest BCUT2D eigenvalue weighted by molar-refractivity contribution is 0.0716. The highest BCUT2D eigenvalue weighted by atomic mass is 15.1. The van der Waals surface area contributed by atoms with Crippen molar-refractivity contribution in [1.29, 1.82) is 0 Å². The fraction of sp³-hybridized carbons (Fsp3) is 0.885. The molecule has 1 unspecified atom stereocenters.